The van der Waals surface area contributed by atoms with E-state index in [0.717, 1.165) is 17.7 Å². The van der Waals surface area contributed by atoms with E-state index >= 15 is 0 Å². The van der Waals surface area contributed by atoms with Gasteiger partial charge in [-0.1, -0.05) is 37.3 Å². The van der Waals surface area contributed by atoms with E-state index in [1.165, 1.54) is 6.08 Å². The molecule has 0 unspecified atom stereocenters. The summed E-state index contributed by atoms with van der Waals surface area (Å²) in [6, 6.07) is 11.4. The van der Waals surface area contributed by atoms with Crippen molar-refractivity contribution in [2.45, 2.75) is 26.9 Å². The number of carbonyl (C=O) groups excluding carboxylic acids is 1. The molecular formula is C20H20F2O3. The van der Waals surface area contributed by atoms with Gasteiger partial charge in [0.2, 0.25) is 0 Å². The molecule has 0 spiro atoms. The van der Waals surface area contributed by atoms with E-state index < -0.39 is 23.4 Å². The number of hydrogen-bond donors (Lipinski definition) is 0. The lowest BCUT2D eigenvalue weighted by Gasteiger charge is -2.10. The Morgan fingerprint density at radius 2 is 1.72 bits per heavy atom. The zero-order chi connectivity index (χ0) is 18.2. The van der Waals surface area contributed by atoms with Crippen molar-refractivity contribution >= 4 is 12.0 Å². The van der Waals surface area contributed by atoms with Crippen LogP contribution in [0.2, 0.25) is 0 Å². The third-order valence-corrected chi connectivity index (χ3v) is 3.51. The Morgan fingerprint density at radius 1 is 1.08 bits per heavy atom. The molecule has 5 heteroatoms. The fourth-order valence-corrected chi connectivity index (χ4v) is 2.26. The molecule has 0 saturated heterocycles. The van der Waals surface area contributed by atoms with Crippen LogP contribution in [0, 0.1) is 11.6 Å². The van der Waals surface area contributed by atoms with E-state index in [1.54, 1.807) is 26.0 Å². The topological polar surface area (TPSA) is 35.5 Å². The summed E-state index contributed by atoms with van der Waals surface area (Å²) in [5.74, 6) is -2.56. The highest BCUT2D eigenvalue weighted by molar-refractivity contribution is 5.93. The van der Waals surface area contributed by atoms with Gasteiger partial charge < -0.3 is 9.47 Å². The van der Waals surface area contributed by atoms with E-state index in [4.69, 9.17) is 9.47 Å². The van der Waals surface area contributed by atoms with Crippen molar-refractivity contribution in [2.75, 3.05) is 6.61 Å². The molecule has 0 aliphatic rings. The van der Waals surface area contributed by atoms with Crippen molar-refractivity contribution in [3.05, 3.63) is 70.8 Å². The summed E-state index contributed by atoms with van der Waals surface area (Å²) in [5, 5.41) is 0. The molecule has 0 amide bonds. The summed E-state index contributed by atoms with van der Waals surface area (Å²) < 4.78 is 38.6. The van der Waals surface area contributed by atoms with Crippen LogP contribution in [-0.4, -0.2) is 12.6 Å². The second-order valence-electron chi connectivity index (χ2n) is 5.33. The summed E-state index contributed by atoms with van der Waals surface area (Å²) in [6.45, 7) is 3.77. The van der Waals surface area contributed by atoms with Crippen LogP contribution < -0.4 is 4.74 Å². The van der Waals surface area contributed by atoms with Crippen LogP contribution in [0.5, 0.6) is 5.75 Å². The highest BCUT2D eigenvalue weighted by Gasteiger charge is 2.14. The van der Waals surface area contributed by atoms with Gasteiger partial charge in [0.25, 0.3) is 0 Å². The first-order valence-electron chi connectivity index (χ1n) is 8.08. The van der Waals surface area contributed by atoms with Crippen molar-refractivity contribution in [1.29, 1.82) is 0 Å². The quantitative estimate of drug-likeness (QED) is 0.528. The van der Waals surface area contributed by atoms with Crippen molar-refractivity contribution in [3.8, 4) is 5.75 Å². The Balaban J connectivity index is 2.20. The van der Waals surface area contributed by atoms with Crippen molar-refractivity contribution in [1.82, 2.24) is 0 Å². The lowest BCUT2D eigenvalue weighted by atomic mass is 10.1. The minimum atomic E-state index is -0.818. The van der Waals surface area contributed by atoms with Gasteiger partial charge in [-0.05, 0) is 42.7 Å². The Morgan fingerprint density at radius 3 is 2.28 bits per heavy atom. The van der Waals surface area contributed by atoms with E-state index in [2.05, 4.69) is 0 Å². The van der Waals surface area contributed by atoms with Crippen molar-refractivity contribution in [2.24, 2.45) is 0 Å². The van der Waals surface area contributed by atoms with Gasteiger partial charge in [0.1, 0.15) is 6.61 Å². The van der Waals surface area contributed by atoms with Gasteiger partial charge in [-0.2, -0.15) is 0 Å². The van der Waals surface area contributed by atoms with Gasteiger partial charge in [0.15, 0.2) is 17.4 Å². The van der Waals surface area contributed by atoms with Crippen molar-refractivity contribution < 1.29 is 23.0 Å². The average Bonchev–Trinajstić information content (AvgIpc) is 2.60. The van der Waals surface area contributed by atoms with Crippen LogP contribution in [0.1, 0.15) is 31.4 Å². The van der Waals surface area contributed by atoms with Gasteiger partial charge >= 0.3 is 5.97 Å². The number of esters is 1. The predicted octanol–water partition coefficient (Wildman–Crippen LogP) is 4.90. The summed E-state index contributed by atoms with van der Waals surface area (Å²) in [6.07, 6.45) is 1.82. The largest absolute Gasteiger partial charge is 0.483 e. The first-order chi connectivity index (χ1) is 12.0. The van der Waals surface area contributed by atoms with Crippen LogP contribution in [0.15, 0.2) is 48.0 Å². The number of rotatable bonds is 7. The molecule has 0 aliphatic heterocycles. The first-order valence-corrected chi connectivity index (χ1v) is 8.08. The maximum atomic E-state index is 14.2. The number of benzene rings is 2. The zero-order valence-corrected chi connectivity index (χ0v) is 14.2. The Hall–Kier alpha value is -2.69. The van der Waals surface area contributed by atoms with Gasteiger partial charge in [-0.15, -0.1) is 0 Å². The molecule has 0 saturated carbocycles. The molecule has 0 aromatic heterocycles. The van der Waals surface area contributed by atoms with Crippen LogP contribution in [0.25, 0.3) is 6.08 Å². The average molecular weight is 346 g/mol. The maximum Gasteiger partial charge on any atom is 0.333 e. The lowest BCUT2D eigenvalue weighted by molar-refractivity contribution is -0.138. The number of halogens is 2. The predicted molar refractivity (Wildman–Crippen MR) is 92.0 cm³/mol. The molecule has 0 radical (unpaired) electrons. The smallest absolute Gasteiger partial charge is 0.333 e. The third-order valence-electron chi connectivity index (χ3n) is 3.51. The molecule has 2 aromatic carbocycles. The lowest BCUT2D eigenvalue weighted by Crippen LogP contribution is -2.07. The zero-order valence-electron chi connectivity index (χ0n) is 14.2. The van der Waals surface area contributed by atoms with Crippen LogP contribution in [-0.2, 0) is 16.1 Å². The van der Waals surface area contributed by atoms with Crippen LogP contribution >= 0.6 is 0 Å². The normalized spacial score (nSPS) is 11.3. The van der Waals surface area contributed by atoms with E-state index in [9.17, 15) is 13.6 Å². The highest BCUT2D eigenvalue weighted by Crippen LogP contribution is 2.26. The number of hydrogen-bond acceptors (Lipinski definition) is 3. The first kappa shape index (κ1) is 18.6. The van der Waals surface area contributed by atoms with Gasteiger partial charge in [-0.3, -0.25) is 0 Å². The van der Waals surface area contributed by atoms with Gasteiger partial charge in [0.05, 0.1) is 6.61 Å². The van der Waals surface area contributed by atoms with E-state index in [0.29, 0.717) is 12.0 Å². The number of ether oxygens (including phenoxy) is 2. The molecular weight excluding hydrogens is 326 g/mol. The third kappa shape index (κ3) is 5.14. The second kappa shape index (κ2) is 8.97. The standard InChI is InChI=1S/C20H20F2O3/c1-3-16(20(23)24-4-2)10-15-11-17(21)19(18(22)12-15)25-13-14-8-6-5-7-9-14/h5-12H,3-4,13H2,1-2H3. The second-order valence-corrected chi connectivity index (χ2v) is 5.33. The molecule has 2 aromatic rings. The summed E-state index contributed by atoms with van der Waals surface area (Å²) in [4.78, 5) is 11.8. The monoisotopic (exact) mass is 346 g/mol. The molecule has 3 nitrogen and oxygen atoms in total. The Labute approximate surface area is 145 Å². The summed E-state index contributed by atoms with van der Waals surface area (Å²) in [7, 11) is 0. The fourth-order valence-electron chi connectivity index (χ4n) is 2.26. The molecule has 25 heavy (non-hydrogen) atoms. The SMILES string of the molecule is CCOC(=O)C(=Cc1cc(F)c(OCc2ccccc2)c(F)c1)CC. The molecule has 0 fully saturated rings. The Bertz CT molecular complexity index is 732. The molecule has 132 valence electrons. The van der Waals surface area contributed by atoms with Crippen LogP contribution in [0.4, 0.5) is 8.78 Å². The van der Waals surface area contributed by atoms with Gasteiger partial charge in [0, 0.05) is 5.57 Å². The summed E-state index contributed by atoms with van der Waals surface area (Å²) >= 11 is 0. The minimum absolute atomic E-state index is 0.0624. The van der Waals surface area contributed by atoms with E-state index in [1.807, 2.05) is 18.2 Å². The maximum absolute atomic E-state index is 14.2. The fraction of sp³-hybridized carbons (Fsp3) is 0.250. The molecule has 0 atom stereocenters. The summed E-state index contributed by atoms with van der Waals surface area (Å²) in [5.41, 5.74) is 1.39. The highest BCUT2D eigenvalue weighted by atomic mass is 19.1. The van der Waals surface area contributed by atoms with Crippen LogP contribution in [0.3, 0.4) is 0 Å². The Kier molecular flexibility index (Phi) is 6.69. The molecule has 2 rings (SSSR count). The molecule has 0 N–H and O–H groups in total. The number of carbonyl (C=O) groups is 1. The minimum Gasteiger partial charge on any atom is -0.483 e. The van der Waals surface area contributed by atoms with Gasteiger partial charge in [-0.25, -0.2) is 13.6 Å². The molecule has 0 bridgehead atoms. The van der Waals surface area contributed by atoms with Crippen molar-refractivity contribution in [3.63, 3.8) is 0 Å². The molecule has 0 heterocycles. The molecule has 0 aliphatic carbocycles. The van der Waals surface area contributed by atoms with E-state index in [-0.39, 0.29) is 18.8 Å².